The molecule has 8 heteroatoms. The topological polar surface area (TPSA) is 108 Å². The van der Waals surface area contributed by atoms with E-state index in [0.717, 1.165) is 27.8 Å². The van der Waals surface area contributed by atoms with Gasteiger partial charge in [0.15, 0.2) is 0 Å². The van der Waals surface area contributed by atoms with E-state index < -0.39 is 30.1 Å². The van der Waals surface area contributed by atoms with Gasteiger partial charge in [-0.25, -0.2) is 9.59 Å². The lowest BCUT2D eigenvalue weighted by molar-refractivity contribution is -0.142. The van der Waals surface area contributed by atoms with Crippen molar-refractivity contribution in [3.8, 4) is 11.1 Å². The van der Waals surface area contributed by atoms with Crippen LogP contribution in [0, 0.1) is 5.92 Å². The highest BCUT2D eigenvalue weighted by molar-refractivity contribution is 5.89. The van der Waals surface area contributed by atoms with Gasteiger partial charge in [0.25, 0.3) is 0 Å². The van der Waals surface area contributed by atoms with Gasteiger partial charge in [-0.3, -0.25) is 9.69 Å². The molecule has 0 heterocycles. The van der Waals surface area contributed by atoms with Crippen molar-refractivity contribution >= 4 is 18.0 Å². The minimum atomic E-state index is -1.14. The van der Waals surface area contributed by atoms with Crippen LogP contribution >= 0.6 is 0 Å². The molecule has 0 saturated heterocycles. The van der Waals surface area contributed by atoms with Gasteiger partial charge in [0.05, 0.1) is 0 Å². The lowest BCUT2D eigenvalue weighted by Crippen LogP contribution is -2.56. The second-order valence-electron chi connectivity index (χ2n) is 10.4. The maximum atomic E-state index is 13.3. The first kappa shape index (κ1) is 28.8. The number of hydrogen-bond acceptors (Lipinski definition) is 5. The van der Waals surface area contributed by atoms with E-state index in [-0.39, 0.29) is 25.0 Å². The SMILES string of the molecule is CCC(C)C(NC(=O)OCC1c2ccccc2-c2ccccc21)C(=O)NC(CN(C)Cc1ccccc1)C(=O)O. The van der Waals surface area contributed by atoms with Crippen molar-refractivity contribution in [3.63, 3.8) is 0 Å². The fourth-order valence-corrected chi connectivity index (χ4v) is 5.19. The van der Waals surface area contributed by atoms with Crippen LogP contribution in [0.25, 0.3) is 11.1 Å². The van der Waals surface area contributed by atoms with Gasteiger partial charge in [0.1, 0.15) is 18.7 Å². The number of hydrogen-bond donors (Lipinski definition) is 3. The van der Waals surface area contributed by atoms with E-state index in [2.05, 4.69) is 22.8 Å². The van der Waals surface area contributed by atoms with Gasteiger partial charge < -0.3 is 20.5 Å². The Labute approximate surface area is 235 Å². The molecule has 0 aliphatic heterocycles. The lowest BCUT2D eigenvalue weighted by Gasteiger charge is -2.27. The third-order valence-electron chi connectivity index (χ3n) is 7.52. The molecule has 0 fully saturated rings. The normalized spacial score (nSPS) is 14.5. The molecule has 3 N–H and O–H groups in total. The summed E-state index contributed by atoms with van der Waals surface area (Å²) in [5, 5.41) is 15.1. The number of carboxylic acids is 1. The summed E-state index contributed by atoms with van der Waals surface area (Å²) in [5.41, 5.74) is 5.48. The second kappa shape index (κ2) is 13.3. The van der Waals surface area contributed by atoms with Crippen LogP contribution in [-0.2, 0) is 20.9 Å². The van der Waals surface area contributed by atoms with E-state index >= 15 is 0 Å². The molecule has 0 aromatic heterocycles. The Morgan fingerprint density at radius 3 is 2.05 bits per heavy atom. The van der Waals surface area contributed by atoms with Crippen molar-refractivity contribution in [2.24, 2.45) is 5.92 Å². The zero-order chi connectivity index (χ0) is 28.6. The zero-order valence-electron chi connectivity index (χ0n) is 23.2. The van der Waals surface area contributed by atoms with Crippen molar-refractivity contribution in [1.82, 2.24) is 15.5 Å². The summed E-state index contributed by atoms with van der Waals surface area (Å²) in [6.45, 7) is 4.51. The molecule has 3 aromatic carbocycles. The molecule has 3 unspecified atom stereocenters. The summed E-state index contributed by atoms with van der Waals surface area (Å²) in [6.07, 6.45) is -0.108. The van der Waals surface area contributed by atoms with E-state index in [1.807, 2.05) is 85.5 Å². The Morgan fingerprint density at radius 2 is 1.48 bits per heavy atom. The number of rotatable bonds is 12. The van der Waals surface area contributed by atoms with Crippen LogP contribution in [0.15, 0.2) is 78.9 Å². The molecule has 0 bridgehead atoms. The molecule has 0 radical (unpaired) electrons. The average Bonchev–Trinajstić information content (AvgIpc) is 3.28. The van der Waals surface area contributed by atoms with Crippen LogP contribution in [0.2, 0.25) is 0 Å². The third-order valence-corrected chi connectivity index (χ3v) is 7.52. The molecule has 4 rings (SSSR count). The minimum Gasteiger partial charge on any atom is -0.480 e. The summed E-state index contributed by atoms with van der Waals surface area (Å²) < 4.78 is 5.64. The summed E-state index contributed by atoms with van der Waals surface area (Å²) in [6, 6.07) is 23.7. The number of nitrogens with zero attached hydrogens (tertiary/aromatic N) is 1. The first-order chi connectivity index (χ1) is 19.3. The number of carbonyl (C=O) groups excluding carboxylic acids is 2. The van der Waals surface area contributed by atoms with Gasteiger partial charge in [-0.15, -0.1) is 0 Å². The number of fused-ring (bicyclic) bond motifs is 3. The predicted octanol–water partition coefficient (Wildman–Crippen LogP) is 4.64. The van der Waals surface area contributed by atoms with Crippen molar-refractivity contribution < 1.29 is 24.2 Å². The smallest absolute Gasteiger partial charge is 0.407 e. The van der Waals surface area contributed by atoms with E-state index in [1.54, 1.807) is 7.05 Å². The number of aliphatic carboxylic acids is 1. The molecule has 0 spiro atoms. The quantitative estimate of drug-likeness (QED) is 0.307. The van der Waals surface area contributed by atoms with Crippen molar-refractivity contribution in [1.29, 1.82) is 0 Å². The fraction of sp³-hybridized carbons (Fsp3) is 0.344. The predicted molar refractivity (Wildman–Crippen MR) is 154 cm³/mol. The van der Waals surface area contributed by atoms with Crippen LogP contribution in [0.5, 0.6) is 0 Å². The first-order valence-electron chi connectivity index (χ1n) is 13.7. The molecule has 3 aromatic rings. The Bertz CT molecular complexity index is 1280. The Hall–Kier alpha value is -4.17. The third kappa shape index (κ3) is 6.87. The monoisotopic (exact) mass is 543 g/mol. The van der Waals surface area contributed by atoms with Crippen LogP contribution in [-0.4, -0.2) is 60.3 Å². The van der Waals surface area contributed by atoms with E-state index in [9.17, 15) is 19.5 Å². The van der Waals surface area contributed by atoms with Gasteiger partial charge in [0.2, 0.25) is 5.91 Å². The molecule has 3 atom stereocenters. The highest BCUT2D eigenvalue weighted by Gasteiger charge is 2.32. The highest BCUT2D eigenvalue weighted by Crippen LogP contribution is 2.44. The molecule has 40 heavy (non-hydrogen) atoms. The molecular formula is C32H37N3O5. The maximum absolute atomic E-state index is 13.3. The molecule has 1 aliphatic rings. The van der Waals surface area contributed by atoms with Crippen molar-refractivity contribution in [2.75, 3.05) is 20.2 Å². The molecule has 8 nitrogen and oxygen atoms in total. The van der Waals surface area contributed by atoms with Crippen molar-refractivity contribution in [3.05, 3.63) is 95.6 Å². The molecule has 210 valence electrons. The fourth-order valence-electron chi connectivity index (χ4n) is 5.19. The Kier molecular flexibility index (Phi) is 9.56. The molecule has 2 amide bonds. The van der Waals surface area contributed by atoms with Crippen LogP contribution in [0.3, 0.4) is 0 Å². The molecule has 1 aliphatic carbocycles. The van der Waals surface area contributed by atoms with Gasteiger partial charge in [-0.2, -0.15) is 0 Å². The number of alkyl carbamates (subject to hydrolysis) is 1. The van der Waals surface area contributed by atoms with Crippen molar-refractivity contribution in [2.45, 2.75) is 44.8 Å². The maximum Gasteiger partial charge on any atom is 0.407 e. The number of amides is 2. The Balaban J connectivity index is 1.38. The lowest BCUT2D eigenvalue weighted by atomic mass is 9.98. The number of carbonyl (C=O) groups is 3. The largest absolute Gasteiger partial charge is 0.480 e. The average molecular weight is 544 g/mol. The van der Waals surface area contributed by atoms with Crippen LogP contribution in [0.4, 0.5) is 4.79 Å². The number of likely N-dealkylation sites (N-methyl/N-ethyl adjacent to an activating group) is 1. The van der Waals surface area contributed by atoms with Gasteiger partial charge in [-0.1, -0.05) is 99.1 Å². The second-order valence-corrected chi connectivity index (χ2v) is 10.4. The van der Waals surface area contributed by atoms with Gasteiger partial charge in [0, 0.05) is 19.0 Å². The van der Waals surface area contributed by atoms with E-state index in [4.69, 9.17) is 4.74 Å². The first-order valence-corrected chi connectivity index (χ1v) is 13.7. The van der Waals surface area contributed by atoms with E-state index in [1.165, 1.54) is 0 Å². The van der Waals surface area contributed by atoms with Crippen LogP contribution in [0.1, 0.15) is 42.9 Å². The minimum absolute atomic E-state index is 0.105. The summed E-state index contributed by atoms with van der Waals surface area (Å²) >= 11 is 0. The number of benzene rings is 3. The Morgan fingerprint density at radius 1 is 0.900 bits per heavy atom. The summed E-state index contributed by atoms with van der Waals surface area (Å²) in [7, 11) is 1.80. The van der Waals surface area contributed by atoms with Gasteiger partial charge >= 0.3 is 12.1 Å². The zero-order valence-corrected chi connectivity index (χ0v) is 23.2. The van der Waals surface area contributed by atoms with Gasteiger partial charge in [-0.05, 0) is 40.8 Å². The molecular weight excluding hydrogens is 506 g/mol. The standard InChI is InChI=1S/C32H37N3O5/c1-4-21(2)29(30(36)33-28(31(37)38)19-35(3)18-22-12-6-5-7-13-22)34-32(39)40-20-27-25-16-10-8-14-23(25)24-15-9-11-17-26(24)27/h5-17,21,27-29H,4,18-20H2,1-3H3,(H,33,36)(H,34,39)(H,37,38). The summed E-state index contributed by atoms with van der Waals surface area (Å²) in [5.74, 6) is -2.04. The number of carboxylic acid groups (broad SMARTS) is 1. The van der Waals surface area contributed by atoms with Crippen LogP contribution < -0.4 is 10.6 Å². The number of ether oxygens (including phenoxy) is 1. The summed E-state index contributed by atoms with van der Waals surface area (Å²) in [4.78, 5) is 40.0. The van der Waals surface area contributed by atoms with E-state index in [0.29, 0.717) is 13.0 Å². The highest BCUT2D eigenvalue weighted by atomic mass is 16.5. The molecule has 0 saturated carbocycles. The number of nitrogens with one attached hydrogen (secondary N) is 2.